The molecule has 0 radical (unpaired) electrons. The van der Waals surface area contributed by atoms with Gasteiger partial charge in [-0.3, -0.25) is 0 Å². The van der Waals surface area contributed by atoms with Crippen LogP contribution in [0.4, 0.5) is 0 Å². The molecule has 1 saturated heterocycles. The van der Waals surface area contributed by atoms with Gasteiger partial charge >= 0.3 is 0 Å². The standard InChI is InChI=1S/C26H32N2O3/c1-2-3-6-19-7-9-20(10-8-19)26-27-22(18-28-13-4-5-14-28)25(31-26)21-11-12-23-24(17-21)30-16-15-29-23/h7-12,17,22,25H,2-6,13-16,18H2,1H3/t22-,25-/m1/s1. The van der Waals surface area contributed by atoms with Crippen LogP contribution in [-0.2, 0) is 11.2 Å². The number of nitrogens with zero attached hydrogens (tertiary/aromatic N) is 2. The molecule has 164 valence electrons. The van der Waals surface area contributed by atoms with Gasteiger partial charge in [-0.1, -0.05) is 31.5 Å². The van der Waals surface area contributed by atoms with Crippen molar-refractivity contribution in [2.24, 2.45) is 4.99 Å². The topological polar surface area (TPSA) is 43.3 Å². The summed E-state index contributed by atoms with van der Waals surface area (Å²) >= 11 is 0. The van der Waals surface area contributed by atoms with E-state index < -0.39 is 0 Å². The maximum Gasteiger partial charge on any atom is 0.217 e. The zero-order chi connectivity index (χ0) is 21.0. The summed E-state index contributed by atoms with van der Waals surface area (Å²) in [6.45, 7) is 6.66. The third-order valence-electron chi connectivity index (χ3n) is 6.43. The molecule has 0 aromatic heterocycles. The van der Waals surface area contributed by atoms with Gasteiger partial charge in [0.2, 0.25) is 5.90 Å². The van der Waals surface area contributed by atoms with Gasteiger partial charge in [0, 0.05) is 12.1 Å². The lowest BCUT2D eigenvalue weighted by Crippen LogP contribution is -2.31. The summed E-state index contributed by atoms with van der Waals surface area (Å²) in [6.07, 6.45) is 6.01. The Kier molecular flexibility index (Phi) is 6.12. The quantitative estimate of drug-likeness (QED) is 0.646. The van der Waals surface area contributed by atoms with E-state index >= 15 is 0 Å². The number of rotatable bonds is 7. The molecular formula is C26H32N2O3. The number of fused-ring (bicyclic) bond motifs is 1. The van der Waals surface area contributed by atoms with Crippen LogP contribution in [0.2, 0.25) is 0 Å². The molecular weight excluding hydrogens is 388 g/mol. The highest BCUT2D eigenvalue weighted by Gasteiger charge is 2.35. The third kappa shape index (κ3) is 4.57. The van der Waals surface area contributed by atoms with E-state index in [-0.39, 0.29) is 12.1 Å². The number of benzene rings is 2. The average molecular weight is 421 g/mol. The van der Waals surface area contributed by atoms with Crippen molar-refractivity contribution in [2.45, 2.75) is 51.2 Å². The van der Waals surface area contributed by atoms with E-state index in [2.05, 4.69) is 48.2 Å². The second kappa shape index (κ2) is 9.31. The van der Waals surface area contributed by atoms with Gasteiger partial charge in [-0.15, -0.1) is 0 Å². The smallest absolute Gasteiger partial charge is 0.217 e. The monoisotopic (exact) mass is 420 g/mol. The lowest BCUT2D eigenvalue weighted by molar-refractivity contribution is 0.162. The van der Waals surface area contributed by atoms with E-state index in [1.165, 1.54) is 31.2 Å². The van der Waals surface area contributed by atoms with Crippen LogP contribution in [0.1, 0.15) is 55.4 Å². The normalized spacial score (nSPS) is 22.9. The molecule has 5 nitrogen and oxygen atoms in total. The minimum atomic E-state index is -0.105. The number of hydrogen-bond acceptors (Lipinski definition) is 5. The molecule has 0 amide bonds. The van der Waals surface area contributed by atoms with Crippen LogP contribution in [0, 0.1) is 0 Å². The minimum absolute atomic E-state index is 0.0791. The SMILES string of the molecule is CCCCc1ccc(C2=N[C@H](CN3CCCC3)[C@@H](c3ccc4c(c3)OCCO4)O2)cc1. The van der Waals surface area contributed by atoms with Gasteiger partial charge in [0.1, 0.15) is 25.4 Å². The molecule has 5 heteroatoms. The lowest BCUT2D eigenvalue weighted by Gasteiger charge is -2.24. The predicted molar refractivity (Wildman–Crippen MR) is 122 cm³/mol. The summed E-state index contributed by atoms with van der Waals surface area (Å²) in [7, 11) is 0. The molecule has 1 fully saturated rings. The third-order valence-corrected chi connectivity index (χ3v) is 6.43. The van der Waals surface area contributed by atoms with Crippen molar-refractivity contribution in [2.75, 3.05) is 32.8 Å². The highest BCUT2D eigenvalue weighted by molar-refractivity contribution is 5.95. The van der Waals surface area contributed by atoms with Crippen molar-refractivity contribution in [3.05, 3.63) is 59.2 Å². The van der Waals surface area contributed by atoms with Gasteiger partial charge in [0.15, 0.2) is 11.5 Å². The maximum absolute atomic E-state index is 6.50. The second-order valence-corrected chi connectivity index (χ2v) is 8.75. The van der Waals surface area contributed by atoms with Crippen molar-refractivity contribution in [1.29, 1.82) is 0 Å². The Morgan fingerprint density at radius 3 is 2.52 bits per heavy atom. The first-order valence-electron chi connectivity index (χ1n) is 11.8. The van der Waals surface area contributed by atoms with Crippen LogP contribution >= 0.6 is 0 Å². The first kappa shape index (κ1) is 20.4. The van der Waals surface area contributed by atoms with Gasteiger partial charge in [-0.25, -0.2) is 4.99 Å². The lowest BCUT2D eigenvalue weighted by atomic mass is 10.0. The van der Waals surface area contributed by atoms with E-state index in [1.807, 2.05) is 6.07 Å². The van der Waals surface area contributed by atoms with Gasteiger partial charge in [0.05, 0.1) is 0 Å². The molecule has 0 aliphatic carbocycles. The summed E-state index contributed by atoms with van der Waals surface area (Å²) in [6, 6.07) is 15.0. The molecule has 5 rings (SSSR count). The van der Waals surface area contributed by atoms with Gasteiger partial charge < -0.3 is 19.1 Å². The highest BCUT2D eigenvalue weighted by atomic mass is 16.6. The Morgan fingerprint density at radius 2 is 1.74 bits per heavy atom. The van der Waals surface area contributed by atoms with Crippen molar-refractivity contribution in [3.8, 4) is 11.5 Å². The van der Waals surface area contributed by atoms with E-state index in [0.717, 1.165) is 54.6 Å². The minimum Gasteiger partial charge on any atom is -0.486 e. The molecule has 2 aromatic rings. The van der Waals surface area contributed by atoms with Crippen molar-refractivity contribution in [1.82, 2.24) is 4.90 Å². The van der Waals surface area contributed by atoms with Crippen molar-refractivity contribution < 1.29 is 14.2 Å². The Morgan fingerprint density at radius 1 is 0.968 bits per heavy atom. The number of hydrogen-bond donors (Lipinski definition) is 0. The maximum atomic E-state index is 6.50. The van der Waals surface area contributed by atoms with Crippen LogP contribution in [0.25, 0.3) is 0 Å². The number of aryl methyl sites for hydroxylation is 1. The number of aliphatic imine (C=N–C) groups is 1. The predicted octanol–water partition coefficient (Wildman–Crippen LogP) is 4.78. The van der Waals surface area contributed by atoms with Gasteiger partial charge in [-0.05, 0) is 74.2 Å². The Bertz CT molecular complexity index is 919. The van der Waals surface area contributed by atoms with Crippen LogP contribution in [-0.4, -0.2) is 49.7 Å². The second-order valence-electron chi connectivity index (χ2n) is 8.75. The molecule has 0 unspecified atom stereocenters. The summed E-state index contributed by atoms with van der Waals surface area (Å²) in [5, 5.41) is 0. The Labute approximate surface area is 185 Å². The fraction of sp³-hybridized carbons (Fsp3) is 0.500. The van der Waals surface area contributed by atoms with E-state index in [1.54, 1.807) is 0 Å². The molecule has 3 aliphatic heterocycles. The Balaban J connectivity index is 1.38. The van der Waals surface area contributed by atoms with E-state index in [0.29, 0.717) is 13.2 Å². The molecule has 0 N–H and O–H groups in total. The van der Waals surface area contributed by atoms with Gasteiger partial charge in [-0.2, -0.15) is 0 Å². The molecule has 0 bridgehead atoms. The molecule has 3 heterocycles. The zero-order valence-electron chi connectivity index (χ0n) is 18.4. The number of likely N-dealkylation sites (tertiary alicyclic amines) is 1. The Hall–Kier alpha value is -2.53. The summed E-state index contributed by atoms with van der Waals surface area (Å²) in [4.78, 5) is 7.58. The van der Waals surface area contributed by atoms with Crippen LogP contribution in [0.15, 0.2) is 47.5 Å². The molecule has 31 heavy (non-hydrogen) atoms. The van der Waals surface area contributed by atoms with Crippen molar-refractivity contribution in [3.63, 3.8) is 0 Å². The summed E-state index contributed by atoms with van der Waals surface area (Å²) < 4.78 is 18.0. The molecule has 2 atom stereocenters. The molecule has 2 aromatic carbocycles. The summed E-state index contributed by atoms with van der Waals surface area (Å²) in [5.41, 5.74) is 3.54. The first-order valence-corrected chi connectivity index (χ1v) is 11.8. The first-order chi connectivity index (χ1) is 15.3. The number of unbranched alkanes of at least 4 members (excludes halogenated alkanes) is 1. The number of ether oxygens (including phenoxy) is 3. The molecule has 0 spiro atoms. The zero-order valence-corrected chi connectivity index (χ0v) is 18.4. The van der Waals surface area contributed by atoms with E-state index in [4.69, 9.17) is 19.2 Å². The average Bonchev–Trinajstić information content (AvgIpc) is 3.48. The largest absolute Gasteiger partial charge is 0.486 e. The van der Waals surface area contributed by atoms with Gasteiger partial charge in [0.25, 0.3) is 0 Å². The fourth-order valence-corrected chi connectivity index (χ4v) is 4.68. The summed E-state index contributed by atoms with van der Waals surface area (Å²) in [5.74, 6) is 2.38. The van der Waals surface area contributed by atoms with E-state index in [9.17, 15) is 0 Å². The van der Waals surface area contributed by atoms with Crippen LogP contribution in [0.3, 0.4) is 0 Å². The highest BCUT2D eigenvalue weighted by Crippen LogP contribution is 2.38. The molecule has 3 aliphatic rings. The molecule has 0 saturated carbocycles. The van der Waals surface area contributed by atoms with Crippen molar-refractivity contribution >= 4 is 5.90 Å². The van der Waals surface area contributed by atoms with Crippen LogP contribution in [0.5, 0.6) is 11.5 Å². The fourth-order valence-electron chi connectivity index (χ4n) is 4.68. The van der Waals surface area contributed by atoms with Crippen LogP contribution < -0.4 is 9.47 Å².